The van der Waals surface area contributed by atoms with Crippen molar-refractivity contribution in [1.82, 2.24) is 15.1 Å². The molecule has 1 fully saturated rings. The molecule has 0 unspecified atom stereocenters. The lowest BCUT2D eigenvalue weighted by atomic mass is 10.1. The Labute approximate surface area is 122 Å². The van der Waals surface area contributed by atoms with Gasteiger partial charge >= 0.3 is 0 Å². The molecular formula is C16H29N3O. The summed E-state index contributed by atoms with van der Waals surface area (Å²) in [6.45, 7) is 7.04. The Morgan fingerprint density at radius 1 is 1.25 bits per heavy atom. The van der Waals surface area contributed by atoms with Crippen LogP contribution in [0.1, 0.15) is 62.5 Å². The molecule has 114 valence electrons. The summed E-state index contributed by atoms with van der Waals surface area (Å²) in [6.07, 6.45) is 7.41. The van der Waals surface area contributed by atoms with Crippen LogP contribution in [0.2, 0.25) is 0 Å². The Balaban J connectivity index is 2.15. The van der Waals surface area contributed by atoms with Crippen LogP contribution in [0.25, 0.3) is 0 Å². The molecule has 1 aliphatic carbocycles. The zero-order chi connectivity index (χ0) is 14.4. The minimum Gasteiger partial charge on any atom is -0.383 e. The van der Waals surface area contributed by atoms with Gasteiger partial charge in [0.15, 0.2) is 0 Å². The molecule has 1 N–H and O–H groups in total. The monoisotopic (exact) mass is 279 g/mol. The summed E-state index contributed by atoms with van der Waals surface area (Å²) in [5, 5.41) is 8.40. The molecule has 0 saturated heterocycles. The van der Waals surface area contributed by atoms with Crippen molar-refractivity contribution in [3.63, 3.8) is 0 Å². The van der Waals surface area contributed by atoms with E-state index in [-0.39, 0.29) is 0 Å². The SMILES string of the molecule is CCc1nn(C2CCCC2)c(CC)c1CNCCOC. The van der Waals surface area contributed by atoms with Crippen LogP contribution in [0.15, 0.2) is 0 Å². The zero-order valence-corrected chi connectivity index (χ0v) is 13.2. The molecule has 1 heterocycles. The Morgan fingerprint density at radius 2 is 2.00 bits per heavy atom. The molecule has 1 aromatic rings. The van der Waals surface area contributed by atoms with Crippen molar-refractivity contribution < 1.29 is 4.74 Å². The van der Waals surface area contributed by atoms with E-state index < -0.39 is 0 Å². The van der Waals surface area contributed by atoms with E-state index in [2.05, 4.69) is 23.8 Å². The minimum atomic E-state index is 0.642. The number of hydrogen-bond acceptors (Lipinski definition) is 3. The highest BCUT2D eigenvalue weighted by Crippen LogP contribution is 2.32. The van der Waals surface area contributed by atoms with Crippen molar-refractivity contribution in [1.29, 1.82) is 0 Å². The lowest BCUT2D eigenvalue weighted by molar-refractivity contribution is 0.199. The second-order valence-corrected chi connectivity index (χ2v) is 5.63. The Kier molecular flexibility index (Phi) is 6.05. The van der Waals surface area contributed by atoms with Crippen molar-refractivity contribution in [3.05, 3.63) is 17.0 Å². The van der Waals surface area contributed by atoms with Gasteiger partial charge < -0.3 is 10.1 Å². The normalized spacial score (nSPS) is 16.1. The van der Waals surface area contributed by atoms with Gasteiger partial charge in [-0.2, -0.15) is 5.10 Å². The van der Waals surface area contributed by atoms with Gasteiger partial charge in [0.25, 0.3) is 0 Å². The van der Waals surface area contributed by atoms with E-state index in [0.29, 0.717) is 6.04 Å². The van der Waals surface area contributed by atoms with Crippen molar-refractivity contribution in [2.45, 2.75) is 65.0 Å². The van der Waals surface area contributed by atoms with Gasteiger partial charge in [0, 0.05) is 31.5 Å². The summed E-state index contributed by atoms with van der Waals surface area (Å²) < 4.78 is 7.44. The van der Waals surface area contributed by atoms with E-state index in [1.54, 1.807) is 7.11 Å². The second-order valence-electron chi connectivity index (χ2n) is 5.63. The lowest BCUT2D eigenvalue weighted by Crippen LogP contribution is -2.20. The number of ether oxygens (including phenoxy) is 1. The third-order valence-electron chi connectivity index (χ3n) is 4.33. The number of nitrogens with one attached hydrogen (secondary N) is 1. The molecule has 2 rings (SSSR count). The number of nitrogens with zero attached hydrogens (tertiary/aromatic N) is 2. The van der Waals surface area contributed by atoms with Crippen molar-refractivity contribution in [3.8, 4) is 0 Å². The fourth-order valence-electron chi connectivity index (χ4n) is 3.26. The van der Waals surface area contributed by atoms with Gasteiger partial charge in [0.05, 0.1) is 18.3 Å². The highest BCUT2D eigenvalue weighted by Gasteiger charge is 2.23. The summed E-state index contributed by atoms with van der Waals surface area (Å²) in [5.41, 5.74) is 4.15. The topological polar surface area (TPSA) is 39.1 Å². The van der Waals surface area contributed by atoms with Gasteiger partial charge in [-0.1, -0.05) is 26.7 Å². The molecule has 0 spiro atoms. The van der Waals surface area contributed by atoms with Crippen LogP contribution in [0, 0.1) is 0 Å². The Bertz CT molecular complexity index is 408. The van der Waals surface area contributed by atoms with E-state index in [4.69, 9.17) is 9.84 Å². The van der Waals surface area contributed by atoms with Gasteiger partial charge in [-0.15, -0.1) is 0 Å². The quantitative estimate of drug-likeness (QED) is 0.744. The molecule has 0 atom stereocenters. The molecule has 4 heteroatoms. The van der Waals surface area contributed by atoms with Crippen LogP contribution in [0.3, 0.4) is 0 Å². The average molecular weight is 279 g/mol. The van der Waals surface area contributed by atoms with Gasteiger partial charge in [0.1, 0.15) is 0 Å². The van der Waals surface area contributed by atoms with Crippen LogP contribution < -0.4 is 5.32 Å². The molecule has 0 aliphatic heterocycles. The van der Waals surface area contributed by atoms with E-state index in [1.165, 1.54) is 42.6 Å². The fourth-order valence-corrected chi connectivity index (χ4v) is 3.26. The van der Waals surface area contributed by atoms with Crippen LogP contribution in [-0.2, 0) is 24.1 Å². The first-order valence-electron chi connectivity index (χ1n) is 8.10. The van der Waals surface area contributed by atoms with Gasteiger partial charge in [0.2, 0.25) is 0 Å². The van der Waals surface area contributed by atoms with Crippen LogP contribution in [0.4, 0.5) is 0 Å². The molecule has 0 bridgehead atoms. The van der Waals surface area contributed by atoms with E-state index in [1.807, 2.05) is 0 Å². The molecule has 1 aromatic heterocycles. The maximum Gasteiger partial charge on any atom is 0.0669 e. The molecular weight excluding hydrogens is 250 g/mol. The number of aryl methyl sites for hydroxylation is 1. The van der Waals surface area contributed by atoms with E-state index in [9.17, 15) is 0 Å². The maximum atomic E-state index is 5.10. The molecule has 1 saturated carbocycles. The second kappa shape index (κ2) is 7.79. The zero-order valence-electron chi connectivity index (χ0n) is 13.2. The summed E-state index contributed by atoms with van der Waals surface area (Å²) in [5.74, 6) is 0. The van der Waals surface area contributed by atoms with Gasteiger partial charge in [-0.05, 0) is 25.7 Å². The number of methoxy groups -OCH3 is 1. The fraction of sp³-hybridized carbons (Fsp3) is 0.812. The molecule has 20 heavy (non-hydrogen) atoms. The standard InChI is InChI=1S/C16H29N3O/c1-4-15-14(12-17-10-11-20-3)16(5-2)19(18-15)13-8-6-7-9-13/h13,17H,4-12H2,1-3H3. The number of aromatic nitrogens is 2. The predicted molar refractivity (Wildman–Crippen MR) is 82.1 cm³/mol. The van der Waals surface area contributed by atoms with Crippen molar-refractivity contribution in [2.24, 2.45) is 0 Å². The molecule has 1 aliphatic rings. The Morgan fingerprint density at radius 3 is 2.60 bits per heavy atom. The summed E-state index contributed by atoms with van der Waals surface area (Å²) in [4.78, 5) is 0. The van der Waals surface area contributed by atoms with E-state index >= 15 is 0 Å². The third kappa shape index (κ3) is 3.41. The molecule has 4 nitrogen and oxygen atoms in total. The average Bonchev–Trinajstić information content (AvgIpc) is 3.10. The van der Waals surface area contributed by atoms with Crippen LogP contribution >= 0.6 is 0 Å². The number of rotatable bonds is 8. The highest BCUT2D eigenvalue weighted by molar-refractivity contribution is 5.27. The third-order valence-corrected chi connectivity index (χ3v) is 4.33. The lowest BCUT2D eigenvalue weighted by Gasteiger charge is -2.14. The highest BCUT2D eigenvalue weighted by atomic mass is 16.5. The molecule has 0 aromatic carbocycles. The molecule has 0 radical (unpaired) electrons. The van der Waals surface area contributed by atoms with Crippen molar-refractivity contribution in [2.75, 3.05) is 20.3 Å². The van der Waals surface area contributed by atoms with Crippen molar-refractivity contribution >= 4 is 0 Å². The largest absolute Gasteiger partial charge is 0.383 e. The van der Waals surface area contributed by atoms with Gasteiger partial charge in [-0.3, -0.25) is 4.68 Å². The smallest absolute Gasteiger partial charge is 0.0669 e. The summed E-state index contributed by atoms with van der Waals surface area (Å²) in [6, 6.07) is 0.642. The van der Waals surface area contributed by atoms with Gasteiger partial charge in [-0.25, -0.2) is 0 Å². The Hall–Kier alpha value is -0.870. The van der Waals surface area contributed by atoms with E-state index in [0.717, 1.165) is 32.5 Å². The minimum absolute atomic E-state index is 0.642. The first-order valence-corrected chi connectivity index (χ1v) is 8.10. The first kappa shape index (κ1) is 15.5. The number of hydrogen-bond donors (Lipinski definition) is 1. The van der Waals surface area contributed by atoms with Crippen LogP contribution in [-0.4, -0.2) is 30.0 Å². The van der Waals surface area contributed by atoms with Crippen LogP contribution in [0.5, 0.6) is 0 Å². The first-order chi connectivity index (χ1) is 9.81. The maximum absolute atomic E-state index is 5.10. The summed E-state index contributed by atoms with van der Waals surface area (Å²) >= 11 is 0. The summed E-state index contributed by atoms with van der Waals surface area (Å²) in [7, 11) is 1.74. The predicted octanol–water partition coefficient (Wildman–Crippen LogP) is 2.86. The molecule has 0 amide bonds.